The van der Waals surface area contributed by atoms with Gasteiger partial charge in [-0.1, -0.05) is 59.6 Å². The van der Waals surface area contributed by atoms with Gasteiger partial charge in [0, 0.05) is 16.9 Å². The Kier molecular flexibility index (Phi) is 5.47. The average Bonchev–Trinajstić information content (AvgIpc) is 2.30. The van der Waals surface area contributed by atoms with Crippen LogP contribution in [-0.4, -0.2) is 17.8 Å². The molecule has 0 spiro atoms. The Morgan fingerprint density at radius 1 is 1.41 bits per heavy atom. The van der Waals surface area contributed by atoms with E-state index in [4.69, 9.17) is 11.6 Å². The molecule has 0 fully saturated rings. The van der Waals surface area contributed by atoms with E-state index in [1.807, 2.05) is 18.2 Å². The molecule has 1 aromatic carbocycles. The van der Waals surface area contributed by atoms with E-state index < -0.39 is 0 Å². The average molecular weight is 319 g/mol. The van der Waals surface area contributed by atoms with Crippen molar-refractivity contribution in [2.75, 3.05) is 11.9 Å². The fourth-order valence-corrected chi connectivity index (χ4v) is 1.66. The maximum absolute atomic E-state index is 11.7. The van der Waals surface area contributed by atoms with Crippen molar-refractivity contribution in [1.29, 1.82) is 0 Å². The lowest BCUT2D eigenvalue weighted by atomic mass is 9.97. The lowest BCUT2D eigenvalue weighted by Crippen LogP contribution is -2.35. The number of hydrogen-bond acceptors (Lipinski definition) is 1. The molecule has 0 aromatic heterocycles. The molecule has 0 aliphatic carbocycles. The summed E-state index contributed by atoms with van der Waals surface area (Å²) in [5, 5.41) is 4.42. The number of benzene rings is 1. The normalized spacial score (nSPS) is 11.3. The monoisotopic (exact) mass is 317 g/mol. The lowest BCUT2D eigenvalue weighted by Gasteiger charge is -2.21. The van der Waals surface area contributed by atoms with Gasteiger partial charge in [-0.2, -0.15) is 0 Å². The fraction of sp³-hybridized carbons (Fsp3) is 0.462. The highest BCUT2D eigenvalue weighted by Crippen LogP contribution is 2.17. The minimum absolute atomic E-state index is 0.00660. The van der Waals surface area contributed by atoms with Gasteiger partial charge in [0.2, 0.25) is 5.91 Å². The summed E-state index contributed by atoms with van der Waals surface area (Å²) >= 11 is 9.43. The van der Waals surface area contributed by atoms with E-state index in [2.05, 4.69) is 35.1 Å². The van der Waals surface area contributed by atoms with Gasteiger partial charge in [0.15, 0.2) is 0 Å². The summed E-state index contributed by atoms with van der Waals surface area (Å²) < 4.78 is 0. The highest BCUT2D eigenvalue weighted by atomic mass is 79.9. The third kappa shape index (κ3) is 5.09. The SMILES string of the molecule is CC(C)(CBr)CNC(=O)Cc1ccccc1Cl. The van der Waals surface area contributed by atoms with Gasteiger partial charge < -0.3 is 5.32 Å². The number of carbonyl (C=O) groups is 1. The molecular weight excluding hydrogens is 302 g/mol. The van der Waals surface area contributed by atoms with E-state index in [9.17, 15) is 4.79 Å². The van der Waals surface area contributed by atoms with Crippen molar-refractivity contribution < 1.29 is 4.79 Å². The second kappa shape index (κ2) is 6.41. The van der Waals surface area contributed by atoms with Crippen molar-refractivity contribution in [2.45, 2.75) is 20.3 Å². The number of halogens is 2. The molecule has 0 aliphatic heterocycles. The first kappa shape index (κ1) is 14.5. The third-order valence-corrected chi connectivity index (χ3v) is 4.32. The van der Waals surface area contributed by atoms with E-state index in [1.54, 1.807) is 6.07 Å². The van der Waals surface area contributed by atoms with Crippen molar-refractivity contribution in [2.24, 2.45) is 5.41 Å². The van der Waals surface area contributed by atoms with Crippen molar-refractivity contribution in [3.8, 4) is 0 Å². The molecule has 0 radical (unpaired) electrons. The summed E-state index contributed by atoms with van der Waals surface area (Å²) in [4.78, 5) is 11.7. The van der Waals surface area contributed by atoms with Crippen LogP contribution in [0, 0.1) is 5.41 Å². The van der Waals surface area contributed by atoms with Crippen LogP contribution in [0.1, 0.15) is 19.4 Å². The summed E-state index contributed by atoms with van der Waals surface area (Å²) in [6.07, 6.45) is 0.331. The lowest BCUT2D eigenvalue weighted by molar-refractivity contribution is -0.120. The van der Waals surface area contributed by atoms with Gasteiger partial charge in [0.1, 0.15) is 0 Å². The Hall–Kier alpha value is -0.540. The van der Waals surface area contributed by atoms with Crippen molar-refractivity contribution in [3.63, 3.8) is 0 Å². The van der Waals surface area contributed by atoms with Crippen molar-refractivity contribution >= 4 is 33.4 Å². The van der Waals surface area contributed by atoms with E-state index >= 15 is 0 Å². The summed E-state index contributed by atoms with van der Waals surface area (Å²) in [6, 6.07) is 7.42. The van der Waals surface area contributed by atoms with Gasteiger partial charge in [0.25, 0.3) is 0 Å². The van der Waals surface area contributed by atoms with Gasteiger partial charge in [-0.05, 0) is 17.0 Å². The molecule has 2 nitrogen and oxygen atoms in total. The van der Waals surface area contributed by atoms with Gasteiger partial charge in [-0.25, -0.2) is 0 Å². The molecule has 0 heterocycles. The molecule has 1 rings (SSSR count). The largest absolute Gasteiger partial charge is 0.355 e. The van der Waals surface area contributed by atoms with Crippen LogP contribution < -0.4 is 5.32 Å². The van der Waals surface area contributed by atoms with Crippen molar-refractivity contribution in [1.82, 2.24) is 5.32 Å². The first-order valence-corrected chi connectivity index (χ1v) is 7.00. The summed E-state index contributed by atoms with van der Waals surface area (Å²) in [6.45, 7) is 4.84. The Balaban J connectivity index is 2.48. The quantitative estimate of drug-likeness (QED) is 0.828. The molecule has 94 valence electrons. The zero-order chi connectivity index (χ0) is 12.9. The molecule has 0 saturated heterocycles. The first-order valence-electron chi connectivity index (χ1n) is 5.51. The Morgan fingerprint density at radius 3 is 2.65 bits per heavy atom. The van der Waals surface area contributed by atoms with E-state index in [0.29, 0.717) is 18.0 Å². The van der Waals surface area contributed by atoms with E-state index in [1.165, 1.54) is 0 Å². The molecule has 1 N–H and O–H groups in total. The standard InChI is InChI=1S/C13H17BrClNO/c1-13(2,8-14)9-16-12(17)7-10-5-3-4-6-11(10)15/h3-6H,7-9H2,1-2H3,(H,16,17). The summed E-state index contributed by atoms with van der Waals surface area (Å²) in [5.41, 5.74) is 0.930. The molecule has 0 bridgehead atoms. The number of carbonyl (C=O) groups excluding carboxylic acids is 1. The Bertz CT molecular complexity index is 393. The number of hydrogen-bond donors (Lipinski definition) is 1. The molecule has 0 atom stereocenters. The van der Waals surface area contributed by atoms with Crippen LogP contribution in [-0.2, 0) is 11.2 Å². The fourth-order valence-electron chi connectivity index (χ4n) is 1.26. The number of alkyl halides is 1. The van der Waals surface area contributed by atoms with Crippen LogP contribution in [0.5, 0.6) is 0 Å². The topological polar surface area (TPSA) is 29.1 Å². The molecule has 0 unspecified atom stereocenters. The van der Waals surface area contributed by atoms with Gasteiger partial charge in [-0.3, -0.25) is 4.79 Å². The van der Waals surface area contributed by atoms with Crippen LogP contribution in [0.2, 0.25) is 5.02 Å². The minimum atomic E-state index is 0.00660. The van der Waals surface area contributed by atoms with Gasteiger partial charge >= 0.3 is 0 Å². The minimum Gasteiger partial charge on any atom is -0.355 e. The number of amides is 1. The molecular formula is C13H17BrClNO. The molecule has 4 heteroatoms. The highest BCUT2D eigenvalue weighted by Gasteiger charge is 2.17. The molecule has 1 aromatic rings. The Morgan fingerprint density at radius 2 is 2.06 bits per heavy atom. The predicted octanol–water partition coefficient (Wildman–Crippen LogP) is 3.42. The molecule has 0 aliphatic rings. The maximum Gasteiger partial charge on any atom is 0.224 e. The van der Waals surface area contributed by atoms with Crippen LogP contribution in [0.4, 0.5) is 0 Å². The number of nitrogens with one attached hydrogen (secondary N) is 1. The van der Waals surface area contributed by atoms with Crippen molar-refractivity contribution in [3.05, 3.63) is 34.9 Å². The highest BCUT2D eigenvalue weighted by molar-refractivity contribution is 9.09. The zero-order valence-corrected chi connectivity index (χ0v) is 12.4. The number of rotatable bonds is 5. The van der Waals surface area contributed by atoms with Crippen LogP contribution in [0.3, 0.4) is 0 Å². The summed E-state index contributed by atoms with van der Waals surface area (Å²) in [5.74, 6) is 0.00660. The predicted molar refractivity (Wildman–Crippen MR) is 75.7 cm³/mol. The maximum atomic E-state index is 11.7. The van der Waals surface area contributed by atoms with Crippen LogP contribution >= 0.6 is 27.5 Å². The van der Waals surface area contributed by atoms with Crippen LogP contribution in [0.15, 0.2) is 24.3 Å². The second-order valence-electron chi connectivity index (χ2n) is 4.84. The van der Waals surface area contributed by atoms with E-state index in [0.717, 1.165) is 10.9 Å². The molecule has 17 heavy (non-hydrogen) atoms. The third-order valence-electron chi connectivity index (χ3n) is 2.43. The van der Waals surface area contributed by atoms with E-state index in [-0.39, 0.29) is 11.3 Å². The van der Waals surface area contributed by atoms with Crippen LogP contribution in [0.25, 0.3) is 0 Å². The summed E-state index contributed by atoms with van der Waals surface area (Å²) in [7, 11) is 0. The smallest absolute Gasteiger partial charge is 0.224 e. The Labute approximate surface area is 116 Å². The molecule has 0 saturated carbocycles. The van der Waals surface area contributed by atoms with Gasteiger partial charge in [-0.15, -0.1) is 0 Å². The molecule has 1 amide bonds. The van der Waals surface area contributed by atoms with Gasteiger partial charge in [0.05, 0.1) is 6.42 Å². The second-order valence-corrected chi connectivity index (χ2v) is 5.81. The zero-order valence-electron chi connectivity index (χ0n) is 10.1. The first-order chi connectivity index (χ1) is 7.94.